The third kappa shape index (κ3) is 3.32. The van der Waals surface area contributed by atoms with E-state index in [1.165, 1.54) is 12.1 Å². The summed E-state index contributed by atoms with van der Waals surface area (Å²) in [5.74, 6) is 4.45. The minimum Gasteiger partial charge on any atom is -0.320 e. The van der Waals surface area contributed by atoms with Crippen molar-refractivity contribution >= 4 is 10.0 Å². The smallest absolute Gasteiger partial charge is 0.243 e. The number of hydrogen-bond donors (Lipinski definition) is 2. The summed E-state index contributed by atoms with van der Waals surface area (Å²) in [5.41, 5.74) is 5.62. The fourth-order valence-electron chi connectivity index (χ4n) is 1.76. The Hall–Kier alpha value is -1.42. The highest BCUT2D eigenvalue weighted by atomic mass is 32.2. The van der Waals surface area contributed by atoms with E-state index in [9.17, 15) is 12.8 Å². The molecule has 1 aromatic rings. The lowest BCUT2D eigenvalue weighted by Crippen LogP contribution is -2.39. The van der Waals surface area contributed by atoms with Crippen LogP contribution < -0.4 is 10.5 Å². The summed E-state index contributed by atoms with van der Waals surface area (Å²) in [6.45, 7) is 0.172. The van der Waals surface area contributed by atoms with E-state index in [4.69, 9.17) is 5.73 Å². The van der Waals surface area contributed by atoms with E-state index in [2.05, 4.69) is 16.6 Å². The maximum absolute atomic E-state index is 13.8. The number of benzene rings is 1. The summed E-state index contributed by atoms with van der Waals surface area (Å²) in [4.78, 5) is -0.335. The Morgan fingerprint density at radius 2 is 2.16 bits per heavy atom. The van der Waals surface area contributed by atoms with Crippen molar-refractivity contribution < 1.29 is 12.8 Å². The van der Waals surface area contributed by atoms with Gasteiger partial charge in [0, 0.05) is 11.6 Å². The molecule has 1 saturated carbocycles. The zero-order valence-corrected chi connectivity index (χ0v) is 11.1. The van der Waals surface area contributed by atoms with Crippen LogP contribution in [0.25, 0.3) is 0 Å². The van der Waals surface area contributed by atoms with Gasteiger partial charge in [-0.25, -0.2) is 17.5 Å². The van der Waals surface area contributed by atoms with Gasteiger partial charge in [0.15, 0.2) is 0 Å². The third-order valence-corrected chi connectivity index (χ3v) is 4.54. The molecule has 0 amide bonds. The molecule has 102 valence electrons. The van der Waals surface area contributed by atoms with Gasteiger partial charge < -0.3 is 5.73 Å². The predicted molar refractivity (Wildman–Crippen MR) is 70.3 cm³/mol. The van der Waals surface area contributed by atoms with Crippen LogP contribution in [0.5, 0.6) is 0 Å². The minimum atomic E-state index is -3.79. The van der Waals surface area contributed by atoms with Gasteiger partial charge in [0.25, 0.3) is 0 Å². The van der Waals surface area contributed by atoms with E-state index < -0.39 is 15.8 Å². The SMILES string of the molecule is NCC#Cc1ccc(S(=O)(=O)NC2CCC2)c(F)c1. The molecule has 2 rings (SSSR count). The minimum absolute atomic E-state index is 0.0684. The molecule has 0 radical (unpaired) electrons. The summed E-state index contributed by atoms with van der Waals surface area (Å²) < 4.78 is 40.3. The van der Waals surface area contributed by atoms with Crippen molar-refractivity contribution in [1.82, 2.24) is 4.72 Å². The fourth-order valence-corrected chi connectivity index (χ4v) is 3.12. The van der Waals surface area contributed by atoms with Crippen molar-refractivity contribution in [2.45, 2.75) is 30.2 Å². The van der Waals surface area contributed by atoms with E-state index in [0.717, 1.165) is 25.3 Å². The van der Waals surface area contributed by atoms with Gasteiger partial charge in [0.1, 0.15) is 10.7 Å². The Morgan fingerprint density at radius 1 is 1.42 bits per heavy atom. The monoisotopic (exact) mass is 282 g/mol. The highest BCUT2D eigenvalue weighted by molar-refractivity contribution is 7.89. The van der Waals surface area contributed by atoms with Crippen LogP contribution in [0.3, 0.4) is 0 Å². The highest BCUT2D eigenvalue weighted by Gasteiger charge is 2.26. The summed E-state index contributed by atoms with van der Waals surface area (Å²) in [7, 11) is -3.79. The lowest BCUT2D eigenvalue weighted by Gasteiger charge is -2.26. The Balaban J connectivity index is 2.24. The van der Waals surface area contributed by atoms with Crippen LogP contribution in [-0.2, 0) is 10.0 Å². The summed E-state index contributed by atoms with van der Waals surface area (Å²) in [6.07, 6.45) is 2.62. The van der Waals surface area contributed by atoms with Crippen molar-refractivity contribution in [1.29, 1.82) is 0 Å². The zero-order chi connectivity index (χ0) is 13.9. The van der Waals surface area contributed by atoms with Crippen molar-refractivity contribution in [2.75, 3.05) is 6.54 Å². The van der Waals surface area contributed by atoms with Crippen LogP contribution in [0.2, 0.25) is 0 Å². The second-order valence-corrected chi connectivity index (χ2v) is 6.08. The third-order valence-electron chi connectivity index (χ3n) is 2.98. The molecular weight excluding hydrogens is 267 g/mol. The van der Waals surface area contributed by atoms with E-state index >= 15 is 0 Å². The average Bonchev–Trinajstić information content (AvgIpc) is 2.31. The quantitative estimate of drug-likeness (QED) is 0.811. The number of sulfonamides is 1. The molecule has 1 aliphatic carbocycles. The Bertz CT molecular complexity index is 628. The Morgan fingerprint density at radius 3 is 2.68 bits per heavy atom. The van der Waals surface area contributed by atoms with Gasteiger partial charge in [0.05, 0.1) is 6.54 Å². The average molecular weight is 282 g/mol. The number of halogens is 1. The summed E-state index contributed by atoms with van der Waals surface area (Å²) in [5, 5.41) is 0. The molecule has 6 heteroatoms. The van der Waals surface area contributed by atoms with Crippen LogP contribution in [0.1, 0.15) is 24.8 Å². The number of hydrogen-bond acceptors (Lipinski definition) is 3. The van der Waals surface area contributed by atoms with Crippen molar-refractivity contribution in [3.8, 4) is 11.8 Å². The molecule has 0 heterocycles. The normalized spacial score (nSPS) is 15.5. The molecule has 0 aliphatic heterocycles. The topological polar surface area (TPSA) is 72.2 Å². The lowest BCUT2D eigenvalue weighted by atomic mass is 9.94. The number of rotatable bonds is 3. The van der Waals surface area contributed by atoms with Gasteiger partial charge >= 0.3 is 0 Å². The maximum atomic E-state index is 13.8. The van der Waals surface area contributed by atoms with Crippen molar-refractivity contribution in [3.05, 3.63) is 29.6 Å². The van der Waals surface area contributed by atoms with Crippen LogP contribution in [-0.4, -0.2) is 21.0 Å². The van der Waals surface area contributed by atoms with Crippen LogP contribution in [0.15, 0.2) is 23.1 Å². The first-order chi connectivity index (χ1) is 9.03. The molecule has 4 nitrogen and oxygen atoms in total. The Kier molecular flexibility index (Phi) is 4.20. The highest BCUT2D eigenvalue weighted by Crippen LogP contribution is 2.22. The fraction of sp³-hybridized carbons (Fsp3) is 0.385. The summed E-state index contributed by atoms with van der Waals surface area (Å²) >= 11 is 0. The number of nitrogens with one attached hydrogen (secondary N) is 1. The van der Waals surface area contributed by atoms with E-state index in [1.807, 2.05) is 0 Å². The summed E-state index contributed by atoms with van der Waals surface area (Å²) in [6, 6.07) is 3.75. The molecule has 0 bridgehead atoms. The maximum Gasteiger partial charge on any atom is 0.243 e. The van der Waals surface area contributed by atoms with E-state index in [1.54, 1.807) is 0 Å². The zero-order valence-electron chi connectivity index (χ0n) is 10.3. The van der Waals surface area contributed by atoms with Gasteiger partial charge in [0.2, 0.25) is 10.0 Å². The molecule has 0 saturated heterocycles. The molecular formula is C13H15FN2O2S. The van der Waals surface area contributed by atoms with Crippen LogP contribution in [0, 0.1) is 17.7 Å². The van der Waals surface area contributed by atoms with Crippen molar-refractivity contribution in [2.24, 2.45) is 5.73 Å². The van der Waals surface area contributed by atoms with E-state index in [0.29, 0.717) is 5.56 Å². The van der Waals surface area contributed by atoms with Gasteiger partial charge in [-0.05, 0) is 31.0 Å². The molecule has 0 spiro atoms. The molecule has 19 heavy (non-hydrogen) atoms. The number of nitrogens with two attached hydrogens (primary N) is 1. The second kappa shape index (κ2) is 5.70. The van der Waals surface area contributed by atoms with Crippen LogP contribution >= 0.6 is 0 Å². The van der Waals surface area contributed by atoms with Crippen molar-refractivity contribution in [3.63, 3.8) is 0 Å². The largest absolute Gasteiger partial charge is 0.320 e. The first kappa shape index (κ1) is 14.0. The first-order valence-corrected chi connectivity index (χ1v) is 7.52. The lowest BCUT2D eigenvalue weighted by molar-refractivity contribution is 0.383. The van der Waals surface area contributed by atoms with Gasteiger partial charge in [-0.15, -0.1) is 0 Å². The molecule has 1 fully saturated rings. The van der Waals surface area contributed by atoms with Crippen LogP contribution in [0.4, 0.5) is 4.39 Å². The van der Waals surface area contributed by atoms with Gasteiger partial charge in [-0.2, -0.15) is 0 Å². The van der Waals surface area contributed by atoms with Gasteiger partial charge in [-0.3, -0.25) is 0 Å². The second-order valence-electron chi connectivity index (χ2n) is 4.40. The predicted octanol–water partition coefficient (Wildman–Crippen LogP) is 0.967. The Labute approximate surface area is 112 Å². The molecule has 1 aliphatic rings. The molecule has 1 aromatic carbocycles. The van der Waals surface area contributed by atoms with E-state index in [-0.39, 0.29) is 17.5 Å². The molecule has 0 aromatic heterocycles. The molecule has 0 atom stereocenters. The van der Waals surface area contributed by atoms with Gasteiger partial charge in [-0.1, -0.05) is 18.3 Å². The molecule has 3 N–H and O–H groups in total. The first-order valence-electron chi connectivity index (χ1n) is 6.04. The molecule has 0 unspecified atom stereocenters. The standard InChI is InChI=1S/C13H15FN2O2S/c14-12-9-10(3-2-8-15)6-7-13(12)19(17,18)16-11-4-1-5-11/h6-7,9,11,16H,1,4-5,8,15H2.